The first-order valence-corrected chi connectivity index (χ1v) is 9.71. The zero-order chi connectivity index (χ0) is 20.3. The number of anilines is 1. The number of nitrogens with zero attached hydrogens (tertiary/aromatic N) is 2. The van der Waals surface area contributed by atoms with Gasteiger partial charge in [0.1, 0.15) is 5.56 Å². The van der Waals surface area contributed by atoms with Crippen LogP contribution in [0, 0.1) is 17.0 Å². The Morgan fingerprint density at radius 3 is 2.07 bits per heavy atom. The van der Waals surface area contributed by atoms with E-state index >= 15 is 0 Å². The Morgan fingerprint density at radius 1 is 0.893 bits per heavy atom. The molecular formula is C20H16N2O5S. The van der Waals surface area contributed by atoms with E-state index in [1.54, 1.807) is 30.3 Å². The molecule has 3 rings (SSSR count). The Kier molecular flexibility index (Phi) is 5.23. The number of rotatable bonds is 5. The molecule has 0 aromatic heterocycles. The number of hydrogen-bond acceptors (Lipinski definition) is 5. The predicted octanol–water partition coefficient (Wildman–Crippen LogP) is 3.94. The molecule has 7 nitrogen and oxygen atoms in total. The van der Waals surface area contributed by atoms with Crippen molar-refractivity contribution in [2.24, 2.45) is 0 Å². The van der Waals surface area contributed by atoms with Gasteiger partial charge in [-0.25, -0.2) is 8.42 Å². The van der Waals surface area contributed by atoms with Crippen molar-refractivity contribution in [2.45, 2.75) is 11.8 Å². The summed E-state index contributed by atoms with van der Waals surface area (Å²) in [4.78, 5) is 23.7. The number of nitro groups is 1. The quantitative estimate of drug-likeness (QED) is 0.481. The molecule has 0 unspecified atom stereocenters. The van der Waals surface area contributed by atoms with Crippen molar-refractivity contribution in [3.8, 4) is 0 Å². The molecule has 0 saturated heterocycles. The Labute approximate surface area is 162 Å². The van der Waals surface area contributed by atoms with Gasteiger partial charge in [-0.05, 0) is 37.3 Å². The summed E-state index contributed by atoms with van der Waals surface area (Å²) in [5.41, 5.74) is 0.168. The lowest BCUT2D eigenvalue weighted by Crippen LogP contribution is -2.37. The second kappa shape index (κ2) is 7.61. The number of para-hydroxylation sites is 2. The SMILES string of the molecule is Cc1ccc(S(=O)(=O)N(C(=O)c2ccccc2[N+](=O)[O-])c2ccccc2)cc1. The number of nitro benzene ring substituents is 1. The second-order valence-electron chi connectivity index (χ2n) is 6.00. The highest BCUT2D eigenvalue weighted by Crippen LogP contribution is 2.28. The van der Waals surface area contributed by atoms with Gasteiger partial charge in [0.05, 0.1) is 15.5 Å². The number of hydrogen-bond donors (Lipinski definition) is 0. The van der Waals surface area contributed by atoms with Crippen molar-refractivity contribution in [3.63, 3.8) is 0 Å². The second-order valence-corrected chi connectivity index (χ2v) is 7.78. The average molecular weight is 396 g/mol. The minimum atomic E-state index is -4.30. The van der Waals surface area contributed by atoms with Gasteiger partial charge in [0.2, 0.25) is 0 Å². The van der Waals surface area contributed by atoms with Gasteiger partial charge in [-0.3, -0.25) is 14.9 Å². The van der Waals surface area contributed by atoms with Crippen LogP contribution in [0.4, 0.5) is 11.4 Å². The molecule has 0 N–H and O–H groups in total. The highest BCUT2D eigenvalue weighted by molar-refractivity contribution is 7.93. The highest BCUT2D eigenvalue weighted by atomic mass is 32.2. The zero-order valence-electron chi connectivity index (χ0n) is 14.8. The van der Waals surface area contributed by atoms with Crippen molar-refractivity contribution >= 4 is 27.3 Å². The van der Waals surface area contributed by atoms with Gasteiger partial charge < -0.3 is 0 Å². The Hall–Kier alpha value is -3.52. The molecule has 0 radical (unpaired) electrons. The minimum Gasteiger partial charge on any atom is -0.267 e. The molecule has 28 heavy (non-hydrogen) atoms. The fraction of sp³-hybridized carbons (Fsp3) is 0.0500. The number of carbonyl (C=O) groups is 1. The van der Waals surface area contributed by atoms with Gasteiger partial charge in [-0.15, -0.1) is 0 Å². The summed E-state index contributed by atoms with van der Waals surface area (Å²) in [6, 6.07) is 19.0. The van der Waals surface area contributed by atoms with Gasteiger partial charge in [0.25, 0.3) is 21.6 Å². The summed E-state index contributed by atoms with van der Waals surface area (Å²) < 4.78 is 27.1. The van der Waals surface area contributed by atoms with Crippen LogP contribution in [0.3, 0.4) is 0 Å². The number of aryl methyl sites for hydroxylation is 1. The molecule has 3 aromatic carbocycles. The summed E-state index contributed by atoms with van der Waals surface area (Å²) in [6.45, 7) is 1.81. The standard InChI is InChI=1S/C20H16N2O5S/c1-15-11-13-17(14-12-15)28(26,27)21(16-7-3-2-4-8-16)20(23)18-9-5-6-10-19(18)22(24)25/h2-14H,1H3. The summed E-state index contributed by atoms with van der Waals surface area (Å²) in [5, 5.41) is 11.3. The van der Waals surface area contributed by atoms with Crippen molar-refractivity contribution in [2.75, 3.05) is 4.31 Å². The van der Waals surface area contributed by atoms with E-state index in [1.165, 1.54) is 42.5 Å². The summed E-state index contributed by atoms with van der Waals surface area (Å²) in [7, 11) is -4.30. The van der Waals surface area contributed by atoms with Gasteiger partial charge in [0, 0.05) is 6.07 Å². The van der Waals surface area contributed by atoms with Crippen LogP contribution in [0.15, 0.2) is 83.8 Å². The van der Waals surface area contributed by atoms with E-state index < -0.39 is 26.5 Å². The minimum absolute atomic E-state index is 0.0890. The molecule has 142 valence electrons. The fourth-order valence-electron chi connectivity index (χ4n) is 2.67. The van der Waals surface area contributed by atoms with Crippen LogP contribution in [0.25, 0.3) is 0 Å². The molecule has 0 aliphatic rings. The first-order chi connectivity index (χ1) is 13.3. The largest absolute Gasteiger partial charge is 0.282 e. The number of carbonyl (C=O) groups excluding carboxylic acids is 1. The van der Waals surface area contributed by atoms with E-state index in [9.17, 15) is 23.3 Å². The topological polar surface area (TPSA) is 97.6 Å². The van der Waals surface area contributed by atoms with Crippen molar-refractivity contribution < 1.29 is 18.1 Å². The molecule has 1 amide bonds. The molecular weight excluding hydrogens is 380 g/mol. The first-order valence-electron chi connectivity index (χ1n) is 8.27. The normalized spacial score (nSPS) is 11.0. The number of sulfonamides is 1. The van der Waals surface area contributed by atoms with Crippen LogP contribution in [0.2, 0.25) is 0 Å². The molecule has 0 saturated carbocycles. The van der Waals surface area contributed by atoms with Crippen LogP contribution in [0.5, 0.6) is 0 Å². The van der Waals surface area contributed by atoms with E-state index in [4.69, 9.17) is 0 Å². The van der Waals surface area contributed by atoms with Crippen LogP contribution < -0.4 is 4.31 Å². The molecule has 0 aliphatic heterocycles. The van der Waals surface area contributed by atoms with Crippen LogP contribution in [0.1, 0.15) is 15.9 Å². The molecule has 0 heterocycles. The van der Waals surface area contributed by atoms with Gasteiger partial charge in [-0.2, -0.15) is 4.31 Å². The Balaban J connectivity index is 2.20. The molecule has 8 heteroatoms. The highest BCUT2D eigenvalue weighted by Gasteiger charge is 2.34. The molecule has 0 aliphatic carbocycles. The van der Waals surface area contributed by atoms with Gasteiger partial charge in [0.15, 0.2) is 0 Å². The molecule has 3 aromatic rings. The predicted molar refractivity (Wildman–Crippen MR) is 105 cm³/mol. The number of amides is 1. The maximum absolute atomic E-state index is 13.3. The van der Waals surface area contributed by atoms with Crippen molar-refractivity contribution in [3.05, 3.63) is 100 Å². The Morgan fingerprint density at radius 2 is 1.46 bits per heavy atom. The maximum atomic E-state index is 13.3. The maximum Gasteiger partial charge on any atom is 0.282 e. The van der Waals surface area contributed by atoms with E-state index in [0.29, 0.717) is 4.31 Å². The van der Waals surface area contributed by atoms with Crippen LogP contribution >= 0.6 is 0 Å². The third kappa shape index (κ3) is 3.63. The molecule has 0 bridgehead atoms. The smallest absolute Gasteiger partial charge is 0.267 e. The third-order valence-electron chi connectivity index (χ3n) is 4.07. The lowest BCUT2D eigenvalue weighted by atomic mass is 10.1. The van der Waals surface area contributed by atoms with Crippen molar-refractivity contribution in [1.29, 1.82) is 0 Å². The van der Waals surface area contributed by atoms with E-state index in [1.807, 2.05) is 6.92 Å². The van der Waals surface area contributed by atoms with E-state index in [2.05, 4.69) is 0 Å². The van der Waals surface area contributed by atoms with Gasteiger partial charge >= 0.3 is 0 Å². The zero-order valence-corrected chi connectivity index (χ0v) is 15.7. The molecule has 0 atom stereocenters. The van der Waals surface area contributed by atoms with E-state index in [-0.39, 0.29) is 16.1 Å². The first kappa shape index (κ1) is 19.2. The Bertz CT molecular complexity index is 1130. The van der Waals surface area contributed by atoms with Gasteiger partial charge in [-0.1, -0.05) is 48.0 Å². The fourth-order valence-corrected chi connectivity index (χ4v) is 4.07. The number of benzene rings is 3. The lowest BCUT2D eigenvalue weighted by Gasteiger charge is -2.22. The van der Waals surface area contributed by atoms with Crippen LogP contribution in [-0.4, -0.2) is 19.2 Å². The van der Waals surface area contributed by atoms with E-state index in [0.717, 1.165) is 11.6 Å². The monoisotopic (exact) mass is 396 g/mol. The molecule has 0 spiro atoms. The van der Waals surface area contributed by atoms with Crippen LogP contribution in [-0.2, 0) is 10.0 Å². The summed E-state index contributed by atoms with van der Waals surface area (Å²) >= 11 is 0. The molecule has 0 fully saturated rings. The average Bonchev–Trinajstić information content (AvgIpc) is 2.69. The summed E-state index contributed by atoms with van der Waals surface area (Å²) in [5.74, 6) is -1.00. The van der Waals surface area contributed by atoms with Crippen molar-refractivity contribution in [1.82, 2.24) is 0 Å². The third-order valence-corrected chi connectivity index (χ3v) is 5.79. The lowest BCUT2D eigenvalue weighted by molar-refractivity contribution is -0.385. The summed E-state index contributed by atoms with van der Waals surface area (Å²) in [6.07, 6.45) is 0.